The minimum atomic E-state index is -0.389. The van der Waals surface area contributed by atoms with E-state index in [2.05, 4.69) is 5.32 Å². The van der Waals surface area contributed by atoms with Crippen LogP contribution in [-0.4, -0.2) is 32.7 Å². The van der Waals surface area contributed by atoms with Crippen molar-refractivity contribution in [3.05, 3.63) is 0 Å². The van der Waals surface area contributed by atoms with Crippen LogP contribution in [-0.2, 0) is 9.53 Å². The standard InChI is InChI=1S/C5H12N2O2/c1-7-4(3-9-2)5(6)8/h4,7H,3H2,1-2H3,(H2,6,8). The maximum atomic E-state index is 10.4. The fourth-order valence-corrected chi connectivity index (χ4v) is 0.474. The molecule has 0 saturated heterocycles. The summed E-state index contributed by atoms with van der Waals surface area (Å²) in [6.45, 7) is 0.325. The van der Waals surface area contributed by atoms with E-state index in [1.54, 1.807) is 7.05 Å². The molecule has 0 saturated carbocycles. The van der Waals surface area contributed by atoms with Crippen LogP contribution < -0.4 is 11.1 Å². The Hall–Kier alpha value is -0.610. The number of amides is 1. The Morgan fingerprint density at radius 1 is 1.89 bits per heavy atom. The maximum absolute atomic E-state index is 10.4. The number of hydrogen-bond acceptors (Lipinski definition) is 3. The molecule has 0 aromatic heterocycles. The van der Waals surface area contributed by atoms with Crippen molar-refractivity contribution in [2.45, 2.75) is 6.04 Å². The summed E-state index contributed by atoms with van der Waals surface area (Å²) in [6, 6.07) is -0.366. The van der Waals surface area contributed by atoms with E-state index >= 15 is 0 Å². The van der Waals surface area contributed by atoms with E-state index in [0.29, 0.717) is 6.61 Å². The van der Waals surface area contributed by atoms with Gasteiger partial charge in [0, 0.05) is 7.11 Å². The van der Waals surface area contributed by atoms with Gasteiger partial charge in [-0.3, -0.25) is 4.79 Å². The van der Waals surface area contributed by atoms with Gasteiger partial charge >= 0.3 is 0 Å². The molecule has 9 heavy (non-hydrogen) atoms. The zero-order valence-electron chi connectivity index (χ0n) is 5.68. The first-order chi connectivity index (χ1) is 4.22. The largest absolute Gasteiger partial charge is 0.383 e. The number of nitrogens with two attached hydrogens (primary N) is 1. The second kappa shape index (κ2) is 4.29. The summed E-state index contributed by atoms with van der Waals surface area (Å²) < 4.78 is 4.69. The average Bonchev–Trinajstić information content (AvgIpc) is 1.82. The summed E-state index contributed by atoms with van der Waals surface area (Å²) in [5.74, 6) is -0.389. The zero-order valence-corrected chi connectivity index (χ0v) is 5.68. The van der Waals surface area contributed by atoms with E-state index in [9.17, 15) is 4.79 Å². The summed E-state index contributed by atoms with van der Waals surface area (Å²) in [5, 5.41) is 2.70. The molecular weight excluding hydrogens is 120 g/mol. The molecule has 0 aliphatic carbocycles. The van der Waals surface area contributed by atoms with Crippen LogP contribution in [0.4, 0.5) is 0 Å². The van der Waals surface area contributed by atoms with Crippen LogP contribution in [0.1, 0.15) is 0 Å². The second-order valence-corrected chi connectivity index (χ2v) is 1.70. The van der Waals surface area contributed by atoms with Gasteiger partial charge in [-0.05, 0) is 7.05 Å². The lowest BCUT2D eigenvalue weighted by atomic mass is 10.3. The third kappa shape index (κ3) is 3.05. The lowest BCUT2D eigenvalue weighted by Gasteiger charge is -2.09. The number of carbonyl (C=O) groups is 1. The Morgan fingerprint density at radius 3 is 2.56 bits per heavy atom. The lowest BCUT2D eigenvalue weighted by Crippen LogP contribution is -2.42. The number of nitrogens with one attached hydrogen (secondary N) is 1. The van der Waals surface area contributed by atoms with Gasteiger partial charge in [0.25, 0.3) is 0 Å². The predicted molar refractivity (Wildman–Crippen MR) is 33.9 cm³/mol. The number of primary amides is 1. The maximum Gasteiger partial charge on any atom is 0.236 e. The molecule has 0 fully saturated rings. The molecule has 0 spiro atoms. The van der Waals surface area contributed by atoms with Gasteiger partial charge in [-0.15, -0.1) is 0 Å². The number of methoxy groups -OCH3 is 1. The van der Waals surface area contributed by atoms with E-state index in [4.69, 9.17) is 10.5 Å². The Balaban J connectivity index is 3.54. The van der Waals surface area contributed by atoms with E-state index in [1.165, 1.54) is 7.11 Å². The van der Waals surface area contributed by atoms with Gasteiger partial charge in [-0.1, -0.05) is 0 Å². The van der Waals surface area contributed by atoms with Crippen molar-refractivity contribution in [1.82, 2.24) is 5.32 Å². The van der Waals surface area contributed by atoms with Gasteiger partial charge in [-0.25, -0.2) is 0 Å². The smallest absolute Gasteiger partial charge is 0.236 e. The van der Waals surface area contributed by atoms with Crippen LogP contribution >= 0.6 is 0 Å². The van der Waals surface area contributed by atoms with Gasteiger partial charge in [0.05, 0.1) is 6.61 Å². The summed E-state index contributed by atoms with van der Waals surface area (Å²) in [6.07, 6.45) is 0. The molecule has 1 atom stereocenters. The molecule has 1 unspecified atom stereocenters. The Labute approximate surface area is 54.4 Å². The van der Waals surface area contributed by atoms with Crippen LogP contribution in [0.2, 0.25) is 0 Å². The molecule has 0 aliphatic heterocycles. The number of carbonyl (C=O) groups excluding carboxylic acids is 1. The van der Waals surface area contributed by atoms with Crippen LogP contribution in [0, 0.1) is 0 Å². The molecule has 1 amide bonds. The van der Waals surface area contributed by atoms with Gasteiger partial charge in [0.2, 0.25) is 5.91 Å². The summed E-state index contributed by atoms with van der Waals surface area (Å²) in [4.78, 5) is 10.4. The molecule has 0 rings (SSSR count). The molecule has 54 valence electrons. The van der Waals surface area contributed by atoms with Crippen molar-refractivity contribution in [2.24, 2.45) is 5.73 Å². The lowest BCUT2D eigenvalue weighted by molar-refractivity contribution is -0.121. The minimum absolute atomic E-state index is 0.325. The normalized spacial score (nSPS) is 13.1. The molecule has 0 radical (unpaired) electrons. The SMILES string of the molecule is CNC(COC)C(N)=O. The molecular formula is C5H12N2O2. The quantitative estimate of drug-likeness (QED) is 0.500. The van der Waals surface area contributed by atoms with E-state index in [0.717, 1.165) is 0 Å². The predicted octanol–water partition coefficient (Wildman–Crippen LogP) is -1.29. The monoisotopic (exact) mass is 132 g/mol. The first-order valence-electron chi connectivity index (χ1n) is 2.68. The third-order valence-corrected chi connectivity index (χ3v) is 1.03. The van der Waals surface area contributed by atoms with Crippen molar-refractivity contribution < 1.29 is 9.53 Å². The van der Waals surface area contributed by atoms with Gasteiger partial charge in [0.15, 0.2) is 0 Å². The van der Waals surface area contributed by atoms with E-state index < -0.39 is 0 Å². The van der Waals surface area contributed by atoms with Crippen LogP contribution in [0.5, 0.6) is 0 Å². The van der Waals surface area contributed by atoms with Crippen molar-refractivity contribution in [1.29, 1.82) is 0 Å². The van der Waals surface area contributed by atoms with Gasteiger partial charge < -0.3 is 15.8 Å². The first-order valence-corrected chi connectivity index (χ1v) is 2.68. The fraction of sp³-hybridized carbons (Fsp3) is 0.800. The fourth-order valence-electron chi connectivity index (χ4n) is 0.474. The molecule has 4 heteroatoms. The van der Waals surface area contributed by atoms with Crippen LogP contribution in [0.15, 0.2) is 0 Å². The van der Waals surface area contributed by atoms with Crippen molar-refractivity contribution in [3.63, 3.8) is 0 Å². The zero-order chi connectivity index (χ0) is 7.28. The number of ether oxygens (including phenoxy) is 1. The van der Waals surface area contributed by atoms with Crippen molar-refractivity contribution in [3.8, 4) is 0 Å². The number of hydrogen-bond donors (Lipinski definition) is 2. The molecule has 0 bridgehead atoms. The highest BCUT2D eigenvalue weighted by Crippen LogP contribution is 1.79. The molecule has 4 nitrogen and oxygen atoms in total. The summed E-state index contributed by atoms with van der Waals surface area (Å²) in [5.41, 5.74) is 4.95. The van der Waals surface area contributed by atoms with Crippen molar-refractivity contribution in [2.75, 3.05) is 20.8 Å². The second-order valence-electron chi connectivity index (χ2n) is 1.70. The molecule has 0 aromatic carbocycles. The van der Waals surface area contributed by atoms with E-state index in [1.807, 2.05) is 0 Å². The Kier molecular flexibility index (Phi) is 4.00. The number of rotatable bonds is 4. The average molecular weight is 132 g/mol. The highest BCUT2D eigenvalue weighted by atomic mass is 16.5. The van der Waals surface area contributed by atoms with Gasteiger partial charge in [-0.2, -0.15) is 0 Å². The highest BCUT2D eigenvalue weighted by molar-refractivity contribution is 5.79. The Morgan fingerprint density at radius 2 is 2.44 bits per heavy atom. The number of likely N-dealkylation sites (N-methyl/N-ethyl adjacent to an activating group) is 1. The molecule has 3 N–H and O–H groups in total. The summed E-state index contributed by atoms with van der Waals surface area (Å²) in [7, 11) is 3.18. The summed E-state index contributed by atoms with van der Waals surface area (Å²) >= 11 is 0. The van der Waals surface area contributed by atoms with Crippen molar-refractivity contribution >= 4 is 5.91 Å². The van der Waals surface area contributed by atoms with Crippen LogP contribution in [0.3, 0.4) is 0 Å². The van der Waals surface area contributed by atoms with Gasteiger partial charge in [0.1, 0.15) is 6.04 Å². The Bertz CT molecular complexity index is 95.0. The molecule has 0 heterocycles. The first kappa shape index (κ1) is 8.39. The molecule has 0 aromatic rings. The minimum Gasteiger partial charge on any atom is -0.383 e. The highest BCUT2D eigenvalue weighted by Gasteiger charge is 2.10. The van der Waals surface area contributed by atoms with E-state index in [-0.39, 0.29) is 11.9 Å². The topological polar surface area (TPSA) is 64.3 Å². The van der Waals surface area contributed by atoms with Crippen LogP contribution in [0.25, 0.3) is 0 Å². The molecule has 0 aliphatic rings. The third-order valence-electron chi connectivity index (χ3n) is 1.03.